The van der Waals surface area contributed by atoms with Crippen molar-refractivity contribution in [3.05, 3.63) is 116 Å². The number of fused-ring (bicyclic) bond motifs is 1. The molecule has 2 unspecified atom stereocenters. The van der Waals surface area contributed by atoms with Crippen molar-refractivity contribution in [2.75, 3.05) is 31.6 Å². The van der Waals surface area contributed by atoms with Crippen LogP contribution in [0.4, 0.5) is 5.69 Å². The predicted molar refractivity (Wildman–Crippen MR) is 157 cm³/mol. The molecule has 4 rings (SSSR count). The maximum atomic E-state index is 11.4. The third-order valence-corrected chi connectivity index (χ3v) is 6.60. The molecule has 10 nitrogen and oxygen atoms in total. The molecule has 0 saturated carbocycles. The summed E-state index contributed by atoms with van der Waals surface area (Å²) in [6.07, 6.45) is 0.735. The molecule has 0 bridgehead atoms. The third-order valence-electron chi connectivity index (χ3n) is 6.60. The molecule has 4 aromatic rings. The van der Waals surface area contributed by atoms with Gasteiger partial charge in [0.2, 0.25) is 0 Å². The number of anilines is 1. The first-order valence-corrected chi connectivity index (χ1v) is 13.0. The molecular weight excluding hydrogens is 510 g/mol. The zero-order valence-corrected chi connectivity index (χ0v) is 21.9. The van der Waals surface area contributed by atoms with E-state index in [9.17, 15) is 19.8 Å². The number of benzene rings is 4. The van der Waals surface area contributed by atoms with E-state index >= 15 is 0 Å². The summed E-state index contributed by atoms with van der Waals surface area (Å²) in [7, 11) is 0. The minimum Gasteiger partial charge on any atom is -0.508 e. The van der Waals surface area contributed by atoms with Crippen molar-refractivity contribution in [1.29, 1.82) is 0 Å². The largest absolute Gasteiger partial charge is 0.508 e. The summed E-state index contributed by atoms with van der Waals surface area (Å²) in [6, 6.07) is 25.1. The van der Waals surface area contributed by atoms with E-state index in [2.05, 4.69) is 26.2 Å². The minimum absolute atomic E-state index is 0.0360. The number of nitroso groups, excluding NO2 is 3. The van der Waals surface area contributed by atoms with Crippen LogP contribution in [0.15, 0.2) is 100 Å². The molecule has 0 spiro atoms. The Bertz CT molecular complexity index is 1420. The van der Waals surface area contributed by atoms with Crippen molar-refractivity contribution >= 4 is 16.5 Å². The molecule has 0 fully saturated rings. The summed E-state index contributed by atoms with van der Waals surface area (Å²) >= 11 is 0. The molecule has 0 saturated heterocycles. The molecule has 0 radical (unpaired) electrons. The number of phenols is 1. The van der Waals surface area contributed by atoms with E-state index in [0.29, 0.717) is 30.8 Å². The average Bonchev–Trinajstić information content (AvgIpc) is 2.99. The highest BCUT2D eigenvalue weighted by atomic mass is 16.5. The number of hydrogen-bond donors (Lipinski definition) is 3. The van der Waals surface area contributed by atoms with Gasteiger partial charge in [-0.25, -0.2) is 0 Å². The molecule has 0 aromatic heterocycles. The van der Waals surface area contributed by atoms with Gasteiger partial charge < -0.3 is 20.5 Å². The van der Waals surface area contributed by atoms with Crippen LogP contribution in [-0.2, 0) is 13.0 Å². The lowest BCUT2D eigenvalue weighted by molar-refractivity contribution is 0.296. The Labute approximate surface area is 231 Å². The topological polar surface area (TPSA) is 142 Å². The summed E-state index contributed by atoms with van der Waals surface area (Å²) in [5.41, 5.74) is 2.94. The second-order valence-corrected chi connectivity index (χ2v) is 9.38. The second kappa shape index (κ2) is 14.5. The number of aromatic hydroxyl groups is 1. The average molecular weight is 542 g/mol. The second-order valence-electron chi connectivity index (χ2n) is 9.38. The summed E-state index contributed by atoms with van der Waals surface area (Å²) in [4.78, 5) is 33.3. The number of phenolic OH excluding ortho intramolecular Hbond substituents is 1. The minimum atomic E-state index is -0.651. The number of hydrogen-bond acceptors (Lipinski definition) is 10. The number of rotatable bonds is 16. The van der Waals surface area contributed by atoms with Crippen molar-refractivity contribution in [1.82, 2.24) is 5.32 Å². The molecule has 0 amide bonds. The van der Waals surface area contributed by atoms with Crippen LogP contribution in [-0.4, -0.2) is 37.4 Å². The predicted octanol–water partition coefficient (Wildman–Crippen LogP) is 6.08. The summed E-state index contributed by atoms with van der Waals surface area (Å²) < 4.78 is 5.91. The van der Waals surface area contributed by atoms with Crippen molar-refractivity contribution in [2.24, 2.45) is 15.5 Å². The van der Waals surface area contributed by atoms with Crippen LogP contribution in [0.1, 0.15) is 22.7 Å². The lowest BCUT2D eigenvalue weighted by atomic mass is 10.0. The van der Waals surface area contributed by atoms with Gasteiger partial charge in [-0.05, 0) is 59.8 Å². The molecule has 2 atom stereocenters. The van der Waals surface area contributed by atoms with Crippen LogP contribution in [0.5, 0.6) is 11.5 Å². The Morgan fingerprint density at radius 1 is 0.850 bits per heavy atom. The zero-order valence-electron chi connectivity index (χ0n) is 21.9. The van der Waals surface area contributed by atoms with Gasteiger partial charge in [0.15, 0.2) is 0 Å². The van der Waals surface area contributed by atoms with Crippen LogP contribution in [0.2, 0.25) is 0 Å². The zero-order chi connectivity index (χ0) is 28.2. The molecule has 0 aliphatic heterocycles. The first-order chi connectivity index (χ1) is 19.6. The van der Waals surface area contributed by atoms with E-state index in [1.54, 1.807) is 12.1 Å². The molecule has 0 heterocycles. The van der Waals surface area contributed by atoms with Crippen LogP contribution in [0.25, 0.3) is 10.8 Å². The molecular formula is C30H31N5O5. The first-order valence-electron chi connectivity index (χ1n) is 13.0. The smallest absolute Gasteiger partial charge is 0.143 e. The Balaban J connectivity index is 1.20. The van der Waals surface area contributed by atoms with Crippen LogP contribution < -0.4 is 15.4 Å². The van der Waals surface area contributed by atoms with E-state index in [4.69, 9.17) is 4.74 Å². The molecule has 0 aliphatic rings. The highest BCUT2D eigenvalue weighted by molar-refractivity contribution is 5.88. The van der Waals surface area contributed by atoms with Gasteiger partial charge >= 0.3 is 0 Å². The Kier molecular flexibility index (Phi) is 10.2. The van der Waals surface area contributed by atoms with Crippen molar-refractivity contribution in [3.63, 3.8) is 0 Å². The molecule has 40 heavy (non-hydrogen) atoms. The Hall–Kier alpha value is -4.70. The summed E-state index contributed by atoms with van der Waals surface area (Å²) in [5, 5.41) is 27.5. The highest BCUT2D eigenvalue weighted by Crippen LogP contribution is 2.26. The van der Waals surface area contributed by atoms with Crippen LogP contribution in [0, 0.1) is 14.7 Å². The fraction of sp³-hybridized carbons (Fsp3) is 0.267. The standard InChI is InChI=1S/C30H31N5O5/c36-29-13-10-23(16-24(29)17-33-37)28(35-39)19-31-15-14-21-8-11-25(12-9-21)32-18-26(34-38)20-40-30-7-3-5-22-4-1-2-6-27(22)30/h1-13,16,26,28,31-32,36H,14-15,17-20H2. The maximum absolute atomic E-state index is 11.4. The number of nitrogens with zero attached hydrogens (tertiary/aromatic N) is 3. The van der Waals surface area contributed by atoms with Gasteiger partial charge in [0.05, 0.1) is 0 Å². The van der Waals surface area contributed by atoms with E-state index in [-0.39, 0.29) is 18.9 Å². The lowest BCUT2D eigenvalue weighted by Gasteiger charge is -2.15. The van der Waals surface area contributed by atoms with Crippen LogP contribution >= 0.6 is 0 Å². The van der Waals surface area contributed by atoms with Gasteiger partial charge in [-0.1, -0.05) is 70.1 Å². The van der Waals surface area contributed by atoms with E-state index in [0.717, 1.165) is 34.2 Å². The van der Waals surface area contributed by atoms with E-state index in [1.807, 2.05) is 66.7 Å². The summed E-state index contributed by atoms with van der Waals surface area (Å²) in [5.74, 6) is 0.689. The Morgan fingerprint density at radius 2 is 1.65 bits per heavy atom. The van der Waals surface area contributed by atoms with Gasteiger partial charge in [-0.2, -0.15) is 14.7 Å². The molecule has 0 aliphatic carbocycles. The van der Waals surface area contributed by atoms with Crippen molar-refractivity contribution in [2.45, 2.75) is 25.0 Å². The fourth-order valence-corrected chi connectivity index (χ4v) is 4.36. The molecule has 206 valence electrons. The van der Waals surface area contributed by atoms with E-state index < -0.39 is 12.1 Å². The fourth-order valence-electron chi connectivity index (χ4n) is 4.36. The van der Waals surface area contributed by atoms with Gasteiger partial charge in [-0.15, -0.1) is 0 Å². The number of ether oxygens (including phenoxy) is 1. The van der Waals surface area contributed by atoms with E-state index in [1.165, 1.54) is 6.07 Å². The van der Waals surface area contributed by atoms with Gasteiger partial charge in [0.1, 0.15) is 36.7 Å². The van der Waals surface area contributed by atoms with Crippen molar-refractivity contribution < 1.29 is 9.84 Å². The molecule has 4 aromatic carbocycles. The van der Waals surface area contributed by atoms with Gasteiger partial charge in [-0.3, -0.25) is 0 Å². The maximum Gasteiger partial charge on any atom is 0.143 e. The quantitative estimate of drug-likeness (QED) is 0.115. The monoisotopic (exact) mass is 541 g/mol. The lowest BCUT2D eigenvalue weighted by Crippen LogP contribution is -2.24. The molecule has 3 N–H and O–H groups in total. The molecule has 10 heteroatoms. The number of nitrogens with one attached hydrogen (secondary N) is 2. The third kappa shape index (κ3) is 7.67. The first kappa shape index (κ1) is 28.3. The Morgan fingerprint density at radius 3 is 2.42 bits per heavy atom. The van der Waals surface area contributed by atoms with Crippen molar-refractivity contribution in [3.8, 4) is 11.5 Å². The normalized spacial score (nSPS) is 12.4. The highest BCUT2D eigenvalue weighted by Gasteiger charge is 2.14. The summed E-state index contributed by atoms with van der Waals surface area (Å²) in [6.45, 7) is 1.29. The van der Waals surface area contributed by atoms with Gasteiger partial charge in [0.25, 0.3) is 0 Å². The van der Waals surface area contributed by atoms with Crippen LogP contribution in [0.3, 0.4) is 0 Å². The SMILES string of the molecule is O=NCc1cc(C(CNCCc2ccc(NCC(COc3cccc4ccccc34)N=O)cc2)N=O)ccc1O. The van der Waals surface area contributed by atoms with Gasteiger partial charge in [0, 0.05) is 29.7 Å².